The highest BCUT2D eigenvalue weighted by Crippen LogP contribution is 2.13. The Kier molecular flexibility index (Phi) is 4.20. The zero-order chi connectivity index (χ0) is 8.69. The molecule has 4 nitrogen and oxygen atoms in total. The van der Waals surface area contributed by atoms with Crippen molar-refractivity contribution in [2.24, 2.45) is 0 Å². The number of hydrogen-bond donors (Lipinski definition) is 2. The maximum absolute atomic E-state index is 8.65. The van der Waals surface area contributed by atoms with E-state index in [2.05, 4.69) is 0 Å². The highest BCUT2D eigenvalue weighted by Gasteiger charge is 1.84. The number of benzene rings is 1. The van der Waals surface area contributed by atoms with Gasteiger partial charge in [-0.05, 0) is 24.3 Å². The van der Waals surface area contributed by atoms with Crippen molar-refractivity contribution in [1.29, 1.82) is 0 Å². The number of phenolic OH excluding ortho intramolecular Hbond substituents is 2. The topological polar surface area (TPSA) is 74.6 Å². The van der Waals surface area contributed by atoms with E-state index in [0.717, 1.165) is 0 Å². The monoisotopic (exact) mass is 154 g/mol. The number of rotatable bonds is 0. The fourth-order valence-corrected chi connectivity index (χ4v) is 0.453. The first-order chi connectivity index (χ1) is 5.20. The van der Waals surface area contributed by atoms with Crippen LogP contribution in [0.25, 0.3) is 0 Å². The summed E-state index contributed by atoms with van der Waals surface area (Å²) in [5.41, 5.74) is 0. The van der Waals surface area contributed by atoms with Gasteiger partial charge in [-0.3, -0.25) is 0 Å². The molecule has 0 fully saturated rings. The van der Waals surface area contributed by atoms with Gasteiger partial charge in [0.25, 0.3) is 0 Å². The SMILES string of the molecule is O=C=O.Oc1ccc(O)cc1. The molecule has 0 aliphatic carbocycles. The molecule has 0 aliphatic rings. The fraction of sp³-hybridized carbons (Fsp3) is 0. The zero-order valence-corrected chi connectivity index (χ0v) is 5.52. The molecule has 0 unspecified atom stereocenters. The van der Waals surface area contributed by atoms with Gasteiger partial charge in [0.2, 0.25) is 0 Å². The van der Waals surface area contributed by atoms with Gasteiger partial charge in [0, 0.05) is 0 Å². The van der Waals surface area contributed by atoms with Gasteiger partial charge in [-0.15, -0.1) is 0 Å². The summed E-state index contributed by atoms with van der Waals surface area (Å²) in [5.74, 6) is 0.339. The molecular weight excluding hydrogens is 148 g/mol. The summed E-state index contributed by atoms with van der Waals surface area (Å²) in [4.78, 5) is 16.2. The second-order valence-electron chi connectivity index (χ2n) is 1.60. The smallest absolute Gasteiger partial charge is 0.373 e. The molecular formula is C7H6O4. The van der Waals surface area contributed by atoms with Crippen molar-refractivity contribution in [3.05, 3.63) is 24.3 Å². The summed E-state index contributed by atoms with van der Waals surface area (Å²) in [5, 5.41) is 17.3. The molecule has 0 saturated heterocycles. The van der Waals surface area contributed by atoms with E-state index in [-0.39, 0.29) is 17.7 Å². The van der Waals surface area contributed by atoms with Crippen LogP contribution in [0.15, 0.2) is 24.3 Å². The maximum atomic E-state index is 8.65. The summed E-state index contributed by atoms with van der Waals surface area (Å²) in [6.07, 6.45) is 0.250. The standard InChI is InChI=1S/C6H6O2.CO2/c7-5-1-2-6(8)4-3-5;2-1-3/h1-4,7-8H;. The van der Waals surface area contributed by atoms with E-state index in [4.69, 9.17) is 19.8 Å². The van der Waals surface area contributed by atoms with Crippen molar-refractivity contribution in [2.45, 2.75) is 0 Å². The van der Waals surface area contributed by atoms with Crippen LogP contribution in [0.1, 0.15) is 0 Å². The largest absolute Gasteiger partial charge is 0.508 e. The lowest BCUT2D eigenvalue weighted by Gasteiger charge is -1.88. The Hall–Kier alpha value is -1.80. The number of aromatic hydroxyl groups is 2. The Bertz CT molecular complexity index is 212. The molecule has 0 radical (unpaired) electrons. The molecule has 11 heavy (non-hydrogen) atoms. The predicted octanol–water partition coefficient (Wildman–Crippen LogP) is 0.514. The van der Waals surface area contributed by atoms with Gasteiger partial charge in [0.05, 0.1) is 0 Å². The van der Waals surface area contributed by atoms with Crippen LogP contribution in [0.2, 0.25) is 0 Å². The molecule has 0 atom stereocenters. The van der Waals surface area contributed by atoms with Crippen LogP contribution < -0.4 is 0 Å². The lowest BCUT2D eigenvalue weighted by atomic mass is 10.3. The van der Waals surface area contributed by atoms with Crippen molar-refractivity contribution in [2.75, 3.05) is 0 Å². The molecule has 1 aromatic rings. The van der Waals surface area contributed by atoms with Crippen LogP contribution in [0.5, 0.6) is 11.5 Å². The van der Waals surface area contributed by atoms with Gasteiger partial charge in [0.1, 0.15) is 11.5 Å². The van der Waals surface area contributed by atoms with Crippen molar-refractivity contribution in [3.63, 3.8) is 0 Å². The lowest BCUT2D eigenvalue weighted by Crippen LogP contribution is -1.61. The molecule has 0 heterocycles. The van der Waals surface area contributed by atoms with Crippen LogP contribution in [0.3, 0.4) is 0 Å². The third-order valence-electron chi connectivity index (χ3n) is 0.850. The third kappa shape index (κ3) is 4.69. The lowest BCUT2D eigenvalue weighted by molar-refractivity contribution is -0.191. The summed E-state index contributed by atoms with van der Waals surface area (Å²) in [6, 6.07) is 5.70. The molecule has 1 aromatic carbocycles. The molecule has 1 rings (SSSR count). The first kappa shape index (κ1) is 9.20. The number of carbonyl (C=O) groups excluding carboxylic acids is 2. The Balaban J connectivity index is 0.000000292. The van der Waals surface area contributed by atoms with Crippen molar-refractivity contribution in [1.82, 2.24) is 0 Å². The second kappa shape index (κ2) is 5.02. The normalized spacial score (nSPS) is 7.27. The van der Waals surface area contributed by atoms with Gasteiger partial charge < -0.3 is 10.2 Å². The Morgan fingerprint density at radius 1 is 0.909 bits per heavy atom. The van der Waals surface area contributed by atoms with Crippen molar-refractivity contribution >= 4 is 6.15 Å². The van der Waals surface area contributed by atoms with E-state index in [1.807, 2.05) is 0 Å². The minimum absolute atomic E-state index is 0.169. The molecule has 4 heteroatoms. The molecule has 0 bridgehead atoms. The highest BCUT2D eigenvalue weighted by molar-refractivity contribution is 5.28. The van der Waals surface area contributed by atoms with Crippen LogP contribution in [-0.4, -0.2) is 16.4 Å². The molecule has 2 N–H and O–H groups in total. The Labute approximate surface area is 62.7 Å². The van der Waals surface area contributed by atoms with Gasteiger partial charge >= 0.3 is 6.15 Å². The fourth-order valence-electron chi connectivity index (χ4n) is 0.453. The summed E-state index contributed by atoms with van der Waals surface area (Å²) in [6.45, 7) is 0. The Morgan fingerprint density at radius 2 is 1.09 bits per heavy atom. The minimum atomic E-state index is 0.169. The predicted molar refractivity (Wildman–Crippen MR) is 34.8 cm³/mol. The molecule has 0 amide bonds. The van der Waals surface area contributed by atoms with E-state index in [9.17, 15) is 0 Å². The summed E-state index contributed by atoms with van der Waals surface area (Å²) < 4.78 is 0. The van der Waals surface area contributed by atoms with Crippen molar-refractivity contribution in [3.8, 4) is 11.5 Å². The molecule has 0 saturated carbocycles. The van der Waals surface area contributed by atoms with Gasteiger partial charge in [0.15, 0.2) is 0 Å². The van der Waals surface area contributed by atoms with Gasteiger partial charge in [-0.25, -0.2) is 0 Å². The average Bonchev–Trinajstić information content (AvgIpc) is 1.97. The Morgan fingerprint density at radius 3 is 1.27 bits per heavy atom. The van der Waals surface area contributed by atoms with Gasteiger partial charge in [-0.1, -0.05) is 0 Å². The molecule has 0 spiro atoms. The number of phenols is 2. The van der Waals surface area contributed by atoms with Crippen LogP contribution in [-0.2, 0) is 9.59 Å². The molecule has 58 valence electrons. The number of hydrogen-bond acceptors (Lipinski definition) is 4. The minimum Gasteiger partial charge on any atom is -0.508 e. The zero-order valence-electron chi connectivity index (χ0n) is 5.52. The molecule has 0 aliphatic heterocycles. The maximum Gasteiger partial charge on any atom is 0.373 e. The van der Waals surface area contributed by atoms with E-state index in [0.29, 0.717) is 0 Å². The average molecular weight is 154 g/mol. The third-order valence-corrected chi connectivity index (χ3v) is 0.850. The van der Waals surface area contributed by atoms with Crippen molar-refractivity contribution < 1.29 is 19.8 Å². The first-order valence-corrected chi connectivity index (χ1v) is 2.68. The van der Waals surface area contributed by atoms with Crippen LogP contribution in [0.4, 0.5) is 0 Å². The summed E-state index contributed by atoms with van der Waals surface area (Å²) >= 11 is 0. The quantitative estimate of drug-likeness (QED) is 0.534. The second-order valence-corrected chi connectivity index (χ2v) is 1.60. The highest BCUT2D eigenvalue weighted by atomic mass is 16.3. The van der Waals surface area contributed by atoms with Crippen LogP contribution in [0, 0.1) is 0 Å². The summed E-state index contributed by atoms with van der Waals surface area (Å²) in [7, 11) is 0. The van der Waals surface area contributed by atoms with Crippen LogP contribution >= 0.6 is 0 Å². The van der Waals surface area contributed by atoms with Gasteiger partial charge in [-0.2, -0.15) is 9.59 Å². The first-order valence-electron chi connectivity index (χ1n) is 2.68. The van der Waals surface area contributed by atoms with E-state index in [1.54, 1.807) is 0 Å². The van der Waals surface area contributed by atoms with E-state index >= 15 is 0 Å². The molecule has 0 aromatic heterocycles. The van der Waals surface area contributed by atoms with E-state index < -0.39 is 0 Å². The van der Waals surface area contributed by atoms with E-state index in [1.165, 1.54) is 24.3 Å².